The van der Waals surface area contributed by atoms with Gasteiger partial charge in [0.2, 0.25) is 15.0 Å². The van der Waals surface area contributed by atoms with Crippen LogP contribution in [0.4, 0.5) is 0 Å². The van der Waals surface area contributed by atoms with Gasteiger partial charge in [-0.1, -0.05) is 6.92 Å². The Labute approximate surface area is 162 Å². The van der Waals surface area contributed by atoms with E-state index >= 15 is 0 Å². The lowest BCUT2D eigenvalue weighted by Crippen LogP contribution is -2.45. The topological polar surface area (TPSA) is 67.7 Å². The molecule has 152 valence electrons. The van der Waals surface area contributed by atoms with Gasteiger partial charge in [0.25, 0.3) is 0 Å². The Hall–Kier alpha value is -0.960. The van der Waals surface area contributed by atoms with Gasteiger partial charge in [-0.25, -0.2) is 13.4 Å². The van der Waals surface area contributed by atoms with Crippen molar-refractivity contribution >= 4 is 9.84 Å². The van der Waals surface area contributed by atoms with E-state index in [0.717, 1.165) is 77.3 Å². The standard InChI is InChI=1S/C19H32N4O3S/c1-2-21-7-9-22(10-8-21)13-17-12-20-19(27(24,25)15-16-5-6-16)23(17)14-18-4-3-11-26-18/h12,16,18H,2-11,13-15H2,1H3/t18-/m0/s1. The molecule has 1 aliphatic carbocycles. The third-order valence-electron chi connectivity index (χ3n) is 6.04. The number of sulfone groups is 1. The summed E-state index contributed by atoms with van der Waals surface area (Å²) in [6.07, 6.45) is 5.98. The van der Waals surface area contributed by atoms with E-state index in [0.29, 0.717) is 12.5 Å². The molecule has 1 atom stereocenters. The molecule has 27 heavy (non-hydrogen) atoms. The molecular formula is C19H32N4O3S. The van der Waals surface area contributed by atoms with E-state index in [2.05, 4.69) is 21.7 Å². The van der Waals surface area contributed by atoms with Crippen LogP contribution in [0.1, 0.15) is 38.3 Å². The van der Waals surface area contributed by atoms with Crippen LogP contribution >= 0.6 is 0 Å². The number of hydrogen-bond donors (Lipinski definition) is 0. The third kappa shape index (κ3) is 4.72. The van der Waals surface area contributed by atoms with Gasteiger partial charge >= 0.3 is 0 Å². The second kappa shape index (κ2) is 8.19. The molecule has 7 nitrogen and oxygen atoms in total. The molecular weight excluding hydrogens is 364 g/mol. The van der Waals surface area contributed by atoms with Crippen molar-refractivity contribution in [1.29, 1.82) is 0 Å². The Morgan fingerprint density at radius 1 is 1.15 bits per heavy atom. The van der Waals surface area contributed by atoms with Crippen molar-refractivity contribution < 1.29 is 13.2 Å². The summed E-state index contributed by atoms with van der Waals surface area (Å²) in [5, 5.41) is 0.257. The fraction of sp³-hybridized carbons (Fsp3) is 0.842. The molecule has 0 aromatic carbocycles. The molecule has 0 amide bonds. The number of ether oxygens (including phenoxy) is 1. The van der Waals surface area contributed by atoms with Gasteiger partial charge in [-0.15, -0.1) is 0 Å². The second-order valence-electron chi connectivity index (χ2n) is 8.21. The predicted octanol–water partition coefficient (Wildman–Crippen LogP) is 1.38. The van der Waals surface area contributed by atoms with Crippen LogP contribution in [-0.2, 0) is 27.7 Å². The maximum absolute atomic E-state index is 12.9. The summed E-state index contributed by atoms with van der Waals surface area (Å²) in [7, 11) is -3.33. The molecule has 3 aliphatic rings. The summed E-state index contributed by atoms with van der Waals surface area (Å²) in [4.78, 5) is 9.25. The highest BCUT2D eigenvalue weighted by Gasteiger charge is 2.33. The quantitative estimate of drug-likeness (QED) is 0.661. The lowest BCUT2D eigenvalue weighted by molar-refractivity contribution is 0.0916. The van der Waals surface area contributed by atoms with E-state index in [1.54, 1.807) is 6.20 Å². The predicted molar refractivity (Wildman–Crippen MR) is 103 cm³/mol. The van der Waals surface area contributed by atoms with Crippen molar-refractivity contribution in [2.75, 3.05) is 45.1 Å². The summed E-state index contributed by atoms with van der Waals surface area (Å²) in [6.45, 7) is 9.61. The molecule has 0 N–H and O–H groups in total. The Morgan fingerprint density at radius 2 is 1.89 bits per heavy atom. The molecule has 0 bridgehead atoms. The fourth-order valence-corrected chi connectivity index (χ4v) is 5.96. The van der Waals surface area contributed by atoms with E-state index in [9.17, 15) is 8.42 Å². The summed E-state index contributed by atoms with van der Waals surface area (Å²) in [5.74, 6) is 0.567. The zero-order valence-electron chi connectivity index (χ0n) is 16.3. The average molecular weight is 397 g/mol. The zero-order valence-corrected chi connectivity index (χ0v) is 17.2. The first kappa shape index (κ1) is 19.4. The van der Waals surface area contributed by atoms with Crippen LogP contribution in [0.25, 0.3) is 0 Å². The second-order valence-corrected chi connectivity index (χ2v) is 10.1. The van der Waals surface area contributed by atoms with E-state index in [4.69, 9.17) is 4.74 Å². The number of likely N-dealkylation sites (N-methyl/N-ethyl adjacent to an activating group) is 1. The van der Waals surface area contributed by atoms with Crippen LogP contribution in [0.15, 0.2) is 11.4 Å². The van der Waals surface area contributed by atoms with Gasteiger partial charge in [0.05, 0.1) is 30.3 Å². The smallest absolute Gasteiger partial charge is 0.227 e. The summed E-state index contributed by atoms with van der Waals surface area (Å²) in [5.41, 5.74) is 1.00. The van der Waals surface area contributed by atoms with Crippen LogP contribution in [0.5, 0.6) is 0 Å². The molecule has 3 fully saturated rings. The Morgan fingerprint density at radius 3 is 2.52 bits per heavy atom. The lowest BCUT2D eigenvalue weighted by Gasteiger charge is -2.34. The van der Waals surface area contributed by atoms with Crippen molar-refractivity contribution in [2.45, 2.75) is 57.0 Å². The van der Waals surface area contributed by atoms with Crippen molar-refractivity contribution in [3.8, 4) is 0 Å². The molecule has 1 aromatic heterocycles. The molecule has 0 unspecified atom stereocenters. The van der Waals surface area contributed by atoms with Gasteiger partial charge in [-0.3, -0.25) is 4.90 Å². The zero-order chi connectivity index (χ0) is 18.9. The van der Waals surface area contributed by atoms with E-state index < -0.39 is 9.84 Å². The molecule has 0 radical (unpaired) electrons. The first-order chi connectivity index (χ1) is 13.0. The van der Waals surface area contributed by atoms with Crippen LogP contribution in [-0.4, -0.2) is 79.0 Å². The first-order valence-electron chi connectivity index (χ1n) is 10.4. The number of imidazole rings is 1. The average Bonchev–Trinajstić information content (AvgIpc) is 3.15. The first-order valence-corrected chi connectivity index (χ1v) is 12.0. The number of nitrogens with zero attached hydrogens (tertiary/aromatic N) is 4. The minimum Gasteiger partial charge on any atom is -0.376 e. The van der Waals surface area contributed by atoms with E-state index in [1.807, 2.05) is 4.57 Å². The molecule has 1 saturated carbocycles. The number of piperazine rings is 1. The highest BCUT2D eigenvalue weighted by atomic mass is 32.2. The Balaban J connectivity index is 1.53. The van der Waals surface area contributed by atoms with Gasteiger partial charge in [-0.2, -0.15) is 0 Å². The lowest BCUT2D eigenvalue weighted by atomic mass is 10.2. The Kier molecular flexibility index (Phi) is 5.87. The largest absolute Gasteiger partial charge is 0.376 e. The van der Waals surface area contributed by atoms with E-state index in [-0.39, 0.29) is 17.0 Å². The van der Waals surface area contributed by atoms with Crippen LogP contribution < -0.4 is 0 Å². The Bertz CT molecular complexity index is 730. The molecule has 8 heteroatoms. The SMILES string of the molecule is CCN1CCN(Cc2cnc(S(=O)(=O)CC3CC3)n2C[C@@H]2CCCO2)CC1. The normalized spacial score (nSPS) is 25.3. The maximum Gasteiger partial charge on any atom is 0.227 e. The van der Waals surface area contributed by atoms with Crippen LogP contribution in [0.2, 0.25) is 0 Å². The van der Waals surface area contributed by atoms with Crippen molar-refractivity contribution in [2.24, 2.45) is 5.92 Å². The van der Waals surface area contributed by atoms with Gasteiger partial charge in [0.1, 0.15) is 0 Å². The summed E-state index contributed by atoms with van der Waals surface area (Å²) < 4.78 is 33.6. The summed E-state index contributed by atoms with van der Waals surface area (Å²) >= 11 is 0. The molecule has 3 heterocycles. The highest BCUT2D eigenvalue weighted by molar-refractivity contribution is 7.91. The number of rotatable bonds is 8. The molecule has 4 rings (SSSR count). The minimum atomic E-state index is -3.33. The van der Waals surface area contributed by atoms with E-state index in [1.165, 1.54) is 0 Å². The third-order valence-corrected chi connectivity index (χ3v) is 7.83. The van der Waals surface area contributed by atoms with Gasteiger partial charge < -0.3 is 14.2 Å². The fourth-order valence-electron chi connectivity index (χ4n) is 4.12. The van der Waals surface area contributed by atoms with Crippen molar-refractivity contribution in [3.63, 3.8) is 0 Å². The molecule has 0 spiro atoms. The van der Waals surface area contributed by atoms with Crippen molar-refractivity contribution in [3.05, 3.63) is 11.9 Å². The van der Waals surface area contributed by atoms with Gasteiger partial charge in [0, 0.05) is 39.3 Å². The van der Waals surface area contributed by atoms with Crippen LogP contribution in [0.3, 0.4) is 0 Å². The molecule has 1 aromatic rings. The monoisotopic (exact) mass is 396 g/mol. The minimum absolute atomic E-state index is 0.102. The highest BCUT2D eigenvalue weighted by Crippen LogP contribution is 2.32. The molecule has 2 saturated heterocycles. The number of hydrogen-bond acceptors (Lipinski definition) is 6. The summed E-state index contributed by atoms with van der Waals surface area (Å²) in [6, 6.07) is 0. The van der Waals surface area contributed by atoms with Crippen LogP contribution in [0, 0.1) is 5.92 Å². The van der Waals surface area contributed by atoms with Gasteiger partial charge in [0.15, 0.2) is 0 Å². The molecule has 2 aliphatic heterocycles. The maximum atomic E-state index is 12.9. The van der Waals surface area contributed by atoms with Crippen molar-refractivity contribution in [1.82, 2.24) is 19.4 Å². The number of aromatic nitrogens is 2. The van der Waals surface area contributed by atoms with Gasteiger partial charge in [-0.05, 0) is 38.1 Å².